The van der Waals surface area contributed by atoms with E-state index in [9.17, 15) is 4.79 Å². The van der Waals surface area contributed by atoms with Crippen LogP contribution in [-0.2, 0) is 10.5 Å². The SMILES string of the molecule is COc1ccc(NC(=O)CSCc2cc(-c3ccc(Cl)cc3)no2)cc1Cl. The number of rotatable bonds is 7. The van der Waals surface area contributed by atoms with Gasteiger partial charge in [0.05, 0.1) is 23.6 Å². The first-order chi connectivity index (χ1) is 13.0. The Labute approximate surface area is 171 Å². The minimum absolute atomic E-state index is 0.126. The molecule has 1 N–H and O–H groups in total. The summed E-state index contributed by atoms with van der Waals surface area (Å²) in [6.07, 6.45) is 0. The molecule has 1 amide bonds. The summed E-state index contributed by atoms with van der Waals surface area (Å²) in [4.78, 5) is 12.1. The molecule has 0 saturated heterocycles. The van der Waals surface area contributed by atoms with Crippen molar-refractivity contribution in [3.63, 3.8) is 0 Å². The Morgan fingerprint density at radius 1 is 1.19 bits per heavy atom. The summed E-state index contributed by atoms with van der Waals surface area (Å²) in [5.74, 6) is 1.95. The van der Waals surface area contributed by atoms with Crippen molar-refractivity contribution in [1.29, 1.82) is 0 Å². The van der Waals surface area contributed by atoms with E-state index in [0.29, 0.717) is 33.0 Å². The van der Waals surface area contributed by atoms with Crippen LogP contribution in [0.2, 0.25) is 10.0 Å². The number of aromatic nitrogens is 1. The van der Waals surface area contributed by atoms with Crippen molar-refractivity contribution in [3.05, 3.63) is 64.3 Å². The van der Waals surface area contributed by atoms with E-state index < -0.39 is 0 Å². The molecule has 0 saturated carbocycles. The van der Waals surface area contributed by atoms with Crippen LogP contribution in [0, 0.1) is 0 Å². The third kappa shape index (κ3) is 5.42. The van der Waals surface area contributed by atoms with E-state index in [1.54, 1.807) is 30.3 Å². The van der Waals surface area contributed by atoms with Gasteiger partial charge in [-0.25, -0.2) is 0 Å². The standard InChI is InChI=1S/C19H16Cl2N2O3S/c1-25-18-7-6-14(8-16(18)21)22-19(24)11-27-10-15-9-17(23-26-15)12-2-4-13(20)5-3-12/h2-9H,10-11H2,1H3,(H,22,24). The number of nitrogens with zero attached hydrogens (tertiary/aromatic N) is 1. The molecule has 0 atom stereocenters. The maximum Gasteiger partial charge on any atom is 0.234 e. The molecule has 0 radical (unpaired) electrons. The van der Waals surface area contributed by atoms with Crippen molar-refractivity contribution in [1.82, 2.24) is 5.16 Å². The van der Waals surface area contributed by atoms with E-state index in [2.05, 4.69) is 10.5 Å². The number of methoxy groups -OCH3 is 1. The first-order valence-corrected chi connectivity index (χ1v) is 9.89. The molecule has 2 aromatic carbocycles. The number of halogens is 2. The Hall–Kier alpha value is -2.15. The number of nitrogens with one attached hydrogen (secondary N) is 1. The van der Waals surface area contributed by atoms with Crippen molar-refractivity contribution >= 4 is 46.6 Å². The maximum absolute atomic E-state index is 12.1. The number of amides is 1. The first-order valence-electron chi connectivity index (χ1n) is 7.98. The molecule has 0 aliphatic heterocycles. The Balaban J connectivity index is 1.49. The molecular weight excluding hydrogens is 407 g/mol. The highest BCUT2D eigenvalue weighted by molar-refractivity contribution is 7.99. The van der Waals surface area contributed by atoms with Gasteiger partial charge in [-0.2, -0.15) is 0 Å². The first kappa shape index (κ1) is 19.6. The summed E-state index contributed by atoms with van der Waals surface area (Å²) < 4.78 is 10.4. The zero-order valence-corrected chi connectivity index (χ0v) is 16.7. The predicted molar refractivity (Wildman–Crippen MR) is 110 cm³/mol. The van der Waals surface area contributed by atoms with E-state index in [1.165, 1.54) is 18.9 Å². The molecule has 0 unspecified atom stereocenters. The normalized spacial score (nSPS) is 10.6. The number of carbonyl (C=O) groups excluding carboxylic acids is 1. The molecule has 0 spiro atoms. The van der Waals surface area contributed by atoms with Crippen LogP contribution in [0.1, 0.15) is 5.76 Å². The molecule has 140 valence electrons. The molecule has 1 aromatic heterocycles. The summed E-state index contributed by atoms with van der Waals surface area (Å²) >= 11 is 13.4. The van der Waals surface area contributed by atoms with Crippen LogP contribution in [0.5, 0.6) is 5.75 Å². The minimum Gasteiger partial charge on any atom is -0.495 e. The highest BCUT2D eigenvalue weighted by Crippen LogP contribution is 2.27. The van der Waals surface area contributed by atoms with Gasteiger partial charge in [0.1, 0.15) is 17.2 Å². The molecule has 8 heteroatoms. The number of carbonyl (C=O) groups is 1. The zero-order valence-electron chi connectivity index (χ0n) is 14.4. The van der Waals surface area contributed by atoms with E-state index in [4.69, 9.17) is 32.5 Å². The fourth-order valence-corrected chi connectivity index (χ4v) is 3.40. The van der Waals surface area contributed by atoms with Crippen molar-refractivity contribution < 1.29 is 14.1 Å². The number of ether oxygens (including phenoxy) is 1. The van der Waals surface area contributed by atoms with Crippen LogP contribution in [0.3, 0.4) is 0 Å². The second kappa shape index (κ2) is 9.17. The number of thioether (sulfide) groups is 1. The molecule has 0 fully saturated rings. The monoisotopic (exact) mass is 422 g/mol. The molecular formula is C19H16Cl2N2O3S. The lowest BCUT2D eigenvalue weighted by atomic mass is 10.1. The maximum atomic E-state index is 12.1. The fourth-order valence-electron chi connectivity index (χ4n) is 2.32. The summed E-state index contributed by atoms with van der Waals surface area (Å²) in [6.45, 7) is 0. The molecule has 5 nitrogen and oxygen atoms in total. The molecule has 3 rings (SSSR count). The van der Waals surface area contributed by atoms with Crippen LogP contribution in [0.25, 0.3) is 11.3 Å². The fraction of sp³-hybridized carbons (Fsp3) is 0.158. The predicted octanol–water partition coefficient (Wildman–Crippen LogP) is 5.53. The van der Waals surface area contributed by atoms with Crippen LogP contribution < -0.4 is 10.1 Å². The van der Waals surface area contributed by atoms with E-state index in [1.807, 2.05) is 18.2 Å². The van der Waals surface area contributed by atoms with Gasteiger partial charge in [-0.3, -0.25) is 4.79 Å². The van der Waals surface area contributed by atoms with Gasteiger partial charge in [-0.1, -0.05) is 40.5 Å². The zero-order chi connectivity index (χ0) is 19.2. The van der Waals surface area contributed by atoms with E-state index in [-0.39, 0.29) is 11.7 Å². The number of anilines is 1. The lowest BCUT2D eigenvalue weighted by Gasteiger charge is -2.07. The van der Waals surface area contributed by atoms with E-state index >= 15 is 0 Å². The second-order valence-corrected chi connectivity index (χ2v) is 7.40. The average molecular weight is 423 g/mol. The molecule has 0 bridgehead atoms. The Morgan fingerprint density at radius 3 is 2.67 bits per heavy atom. The largest absolute Gasteiger partial charge is 0.495 e. The van der Waals surface area contributed by atoms with Gasteiger partial charge in [-0.05, 0) is 30.3 Å². The Bertz CT molecular complexity index is 929. The summed E-state index contributed by atoms with van der Waals surface area (Å²) in [7, 11) is 1.54. The van der Waals surface area contributed by atoms with Crippen molar-refractivity contribution in [2.75, 3.05) is 18.2 Å². The highest BCUT2D eigenvalue weighted by Gasteiger charge is 2.09. The van der Waals surface area contributed by atoms with Gasteiger partial charge < -0.3 is 14.6 Å². The lowest BCUT2D eigenvalue weighted by Crippen LogP contribution is -2.14. The Kier molecular flexibility index (Phi) is 6.66. The Morgan fingerprint density at radius 2 is 1.96 bits per heavy atom. The van der Waals surface area contributed by atoms with E-state index in [0.717, 1.165) is 11.3 Å². The van der Waals surface area contributed by atoms with Gasteiger partial charge in [0.25, 0.3) is 0 Å². The van der Waals surface area contributed by atoms with Crippen LogP contribution in [-0.4, -0.2) is 23.9 Å². The third-order valence-corrected chi connectivity index (χ3v) is 5.11. The van der Waals surface area contributed by atoms with Gasteiger partial charge in [-0.15, -0.1) is 11.8 Å². The van der Waals surface area contributed by atoms with Crippen LogP contribution >= 0.6 is 35.0 Å². The number of hydrogen-bond acceptors (Lipinski definition) is 5. The molecule has 0 aliphatic rings. The molecule has 3 aromatic rings. The summed E-state index contributed by atoms with van der Waals surface area (Å²) in [5, 5.41) is 7.96. The van der Waals surface area contributed by atoms with Crippen LogP contribution in [0.15, 0.2) is 53.1 Å². The topological polar surface area (TPSA) is 64.4 Å². The average Bonchev–Trinajstić information content (AvgIpc) is 3.11. The lowest BCUT2D eigenvalue weighted by molar-refractivity contribution is -0.113. The summed E-state index contributed by atoms with van der Waals surface area (Å²) in [6, 6.07) is 14.3. The second-order valence-electron chi connectivity index (χ2n) is 5.58. The molecule has 27 heavy (non-hydrogen) atoms. The van der Waals surface area contributed by atoms with Crippen molar-refractivity contribution in [2.24, 2.45) is 0 Å². The van der Waals surface area contributed by atoms with Gasteiger partial charge in [0.15, 0.2) is 0 Å². The third-order valence-electron chi connectivity index (χ3n) is 3.61. The van der Waals surface area contributed by atoms with Crippen molar-refractivity contribution in [3.8, 4) is 17.0 Å². The minimum atomic E-state index is -0.126. The smallest absolute Gasteiger partial charge is 0.234 e. The quantitative estimate of drug-likeness (QED) is 0.542. The molecule has 0 aliphatic carbocycles. The van der Waals surface area contributed by atoms with Crippen molar-refractivity contribution in [2.45, 2.75) is 5.75 Å². The van der Waals surface area contributed by atoms with Gasteiger partial charge in [0.2, 0.25) is 5.91 Å². The molecule has 1 heterocycles. The van der Waals surface area contributed by atoms with Gasteiger partial charge in [0, 0.05) is 22.3 Å². The van der Waals surface area contributed by atoms with Crippen LogP contribution in [0.4, 0.5) is 5.69 Å². The summed E-state index contributed by atoms with van der Waals surface area (Å²) in [5.41, 5.74) is 2.28. The number of benzene rings is 2. The number of hydrogen-bond donors (Lipinski definition) is 1. The highest BCUT2D eigenvalue weighted by atomic mass is 35.5. The van der Waals surface area contributed by atoms with Gasteiger partial charge >= 0.3 is 0 Å².